The van der Waals surface area contributed by atoms with E-state index in [0.29, 0.717) is 30.1 Å². The second-order valence-corrected chi connectivity index (χ2v) is 7.71. The number of hydrogen-bond acceptors (Lipinski definition) is 7. The van der Waals surface area contributed by atoms with Gasteiger partial charge in [-0.05, 0) is 25.0 Å². The Morgan fingerprint density at radius 2 is 1.72 bits per heavy atom. The first-order chi connectivity index (χ1) is 14.1. The van der Waals surface area contributed by atoms with Gasteiger partial charge in [-0.2, -0.15) is 0 Å². The average Bonchev–Trinajstić information content (AvgIpc) is 3.02. The zero-order valence-electron chi connectivity index (χ0n) is 16.7. The molecule has 156 valence electrons. The summed E-state index contributed by atoms with van der Waals surface area (Å²) in [5.41, 5.74) is 0.904. The summed E-state index contributed by atoms with van der Waals surface area (Å²) in [6, 6.07) is 6.84. The van der Waals surface area contributed by atoms with Gasteiger partial charge in [0.1, 0.15) is 6.04 Å². The van der Waals surface area contributed by atoms with Gasteiger partial charge in [0, 0.05) is 38.8 Å². The summed E-state index contributed by atoms with van der Waals surface area (Å²) < 4.78 is 10.5. The maximum absolute atomic E-state index is 12.6. The normalized spacial score (nSPS) is 25.9. The van der Waals surface area contributed by atoms with Crippen molar-refractivity contribution in [3.63, 3.8) is 0 Å². The van der Waals surface area contributed by atoms with Crippen LogP contribution in [0.2, 0.25) is 0 Å². The molecule has 3 aliphatic rings. The molecule has 0 saturated carbocycles. The van der Waals surface area contributed by atoms with Gasteiger partial charge in [0.15, 0.2) is 0 Å². The van der Waals surface area contributed by atoms with E-state index in [-0.39, 0.29) is 30.4 Å². The molecule has 0 aromatic heterocycles. The number of fused-ring (bicyclic) bond motifs is 1. The van der Waals surface area contributed by atoms with Gasteiger partial charge in [-0.1, -0.05) is 12.1 Å². The summed E-state index contributed by atoms with van der Waals surface area (Å²) in [6.07, 6.45) is 1.63. The van der Waals surface area contributed by atoms with Gasteiger partial charge in [0.25, 0.3) is 11.8 Å². The predicted molar refractivity (Wildman–Crippen MR) is 105 cm³/mol. The van der Waals surface area contributed by atoms with Gasteiger partial charge in [0.2, 0.25) is 0 Å². The van der Waals surface area contributed by atoms with E-state index in [0.717, 1.165) is 39.3 Å². The van der Waals surface area contributed by atoms with E-state index in [4.69, 9.17) is 9.47 Å². The SMILES string of the molecule is COC(=O)C1CC(N2CCOCC2)CCN1CCN1C(=O)c2ccccc2C1=O. The van der Waals surface area contributed by atoms with Crippen LogP contribution in [-0.2, 0) is 14.3 Å². The first-order valence-electron chi connectivity index (χ1n) is 10.2. The van der Waals surface area contributed by atoms with Crippen LogP contribution in [0.25, 0.3) is 0 Å². The number of imide groups is 1. The topological polar surface area (TPSA) is 79.4 Å². The minimum Gasteiger partial charge on any atom is -0.468 e. The Morgan fingerprint density at radius 1 is 1.07 bits per heavy atom. The molecular formula is C21H27N3O5. The third-order valence-corrected chi connectivity index (χ3v) is 6.21. The second kappa shape index (κ2) is 8.61. The van der Waals surface area contributed by atoms with E-state index in [1.165, 1.54) is 12.0 Å². The van der Waals surface area contributed by atoms with Crippen molar-refractivity contribution in [1.82, 2.24) is 14.7 Å². The highest BCUT2D eigenvalue weighted by atomic mass is 16.5. The standard InChI is InChI=1S/C21H27N3O5/c1-28-21(27)18-14-15(22-10-12-29-13-11-22)6-7-23(18)8-9-24-19(25)16-4-2-3-5-17(16)20(24)26/h2-5,15,18H,6-14H2,1H3. The number of amides is 2. The van der Waals surface area contributed by atoms with E-state index in [9.17, 15) is 14.4 Å². The molecule has 2 saturated heterocycles. The van der Waals surface area contributed by atoms with Crippen LogP contribution in [-0.4, -0.2) is 97.6 Å². The highest BCUT2D eigenvalue weighted by Crippen LogP contribution is 2.25. The molecule has 8 heteroatoms. The molecule has 1 aromatic carbocycles. The van der Waals surface area contributed by atoms with Gasteiger partial charge >= 0.3 is 5.97 Å². The minimum atomic E-state index is -0.364. The third kappa shape index (κ3) is 3.92. The van der Waals surface area contributed by atoms with Crippen molar-refractivity contribution in [2.75, 3.05) is 53.0 Å². The number of piperidine rings is 1. The van der Waals surface area contributed by atoms with E-state index in [1.807, 2.05) is 4.90 Å². The van der Waals surface area contributed by atoms with Crippen molar-refractivity contribution < 1.29 is 23.9 Å². The van der Waals surface area contributed by atoms with Crippen LogP contribution in [0.4, 0.5) is 0 Å². The number of ether oxygens (including phenoxy) is 2. The lowest BCUT2D eigenvalue weighted by Gasteiger charge is -2.43. The number of hydrogen-bond donors (Lipinski definition) is 0. The highest BCUT2D eigenvalue weighted by Gasteiger charge is 2.39. The number of nitrogens with zero attached hydrogens (tertiary/aromatic N) is 3. The number of likely N-dealkylation sites (tertiary alicyclic amines) is 1. The minimum absolute atomic E-state index is 0.259. The van der Waals surface area contributed by atoms with Crippen molar-refractivity contribution in [2.24, 2.45) is 0 Å². The Hall–Kier alpha value is -2.29. The number of methoxy groups -OCH3 is 1. The van der Waals surface area contributed by atoms with Gasteiger partial charge in [-0.3, -0.25) is 29.1 Å². The molecule has 0 aliphatic carbocycles. The summed E-state index contributed by atoms with van der Waals surface area (Å²) in [5, 5.41) is 0. The monoisotopic (exact) mass is 401 g/mol. The third-order valence-electron chi connectivity index (χ3n) is 6.21. The molecule has 0 spiro atoms. The van der Waals surface area contributed by atoms with Gasteiger partial charge in [0.05, 0.1) is 31.5 Å². The van der Waals surface area contributed by atoms with Crippen LogP contribution in [0.3, 0.4) is 0 Å². The molecule has 0 radical (unpaired) electrons. The van der Waals surface area contributed by atoms with Crippen LogP contribution in [0.15, 0.2) is 24.3 Å². The molecule has 3 heterocycles. The lowest BCUT2D eigenvalue weighted by atomic mass is 9.95. The van der Waals surface area contributed by atoms with Crippen molar-refractivity contribution in [2.45, 2.75) is 24.9 Å². The average molecular weight is 401 g/mol. The zero-order chi connectivity index (χ0) is 20.4. The van der Waals surface area contributed by atoms with Crippen molar-refractivity contribution in [1.29, 1.82) is 0 Å². The number of carbonyl (C=O) groups excluding carboxylic acids is 3. The number of carbonyl (C=O) groups is 3. The molecule has 8 nitrogen and oxygen atoms in total. The Morgan fingerprint density at radius 3 is 2.34 bits per heavy atom. The van der Waals surface area contributed by atoms with Crippen LogP contribution in [0, 0.1) is 0 Å². The Bertz CT molecular complexity index is 757. The lowest BCUT2D eigenvalue weighted by molar-refractivity contribution is -0.149. The molecular weight excluding hydrogens is 374 g/mol. The largest absolute Gasteiger partial charge is 0.468 e. The smallest absolute Gasteiger partial charge is 0.323 e. The Balaban J connectivity index is 1.41. The Kier molecular flexibility index (Phi) is 5.94. The van der Waals surface area contributed by atoms with E-state index in [2.05, 4.69) is 4.90 Å². The second-order valence-electron chi connectivity index (χ2n) is 7.71. The fourth-order valence-corrected chi connectivity index (χ4v) is 4.59. The fraction of sp³-hybridized carbons (Fsp3) is 0.571. The first kappa shape index (κ1) is 20.0. The first-order valence-corrected chi connectivity index (χ1v) is 10.2. The quantitative estimate of drug-likeness (QED) is 0.529. The molecule has 2 unspecified atom stereocenters. The molecule has 2 amide bonds. The molecule has 0 N–H and O–H groups in total. The van der Waals surface area contributed by atoms with Crippen LogP contribution < -0.4 is 0 Å². The molecule has 2 fully saturated rings. The van der Waals surface area contributed by atoms with Crippen molar-refractivity contribution >= 4 is 17.8 Å². The van der Waals surface area contributed by atoms with E-state index >= 15 is 0 Å². The van der Waals surface area contributed by atoms with E-state index in [1.54, 1.807) is 24.3 Å². The predicted octanol–water partition coefficient (Wildman–Crippen LogP) is 0.621. The summed E-state index contributed by atoms with van der Waals surface area (Å²) >= 11 is 0. The van der Waals surface area contributed by atoms with Crippen molar-refractivity contribution in [3.8, 4) is 0 Å². The number of morpholine rings is 1. The van der Waals surface area contributed by atoms with Crippen LogP contribution in [0.1, 0.15) is 33.6 Å². The molecule has 1 aromatic rings. The lowest BCUT2D eigenvalue weighted by Crippen LogP contribution is -2.56. The van der Waals surface area contributed by atoms with Crippen LogP contribution in [0.5, 0.6) is 0 Å². The zero-order valence-corrected chi connectivity index (χ0v) is 16.7. The molecule has 29 heavy (non-hydrogen) atoms. The Labute approximate surface area is 170 Å². The molecule has 0 bridgehead atoms. The van der Waals surface area contributed by atoms with E-state index < -0.39 is 0 Å². The van der Waals surface area contributed by atoms with Crippen molar-refractivity contribution in [3.05, 3.63) is 35.4 Å². The van der Waals surface area contributed by atoms with Gasteiger partial charge < -0.3 is 9.47 Å². The van der Waals surface area contributed by atoms with Gasteiger partial charge in [-0.15, -0.1) is 0 Å². The maximum atomic E-state index is 12.6. The number of benzene rings is 1. The molecule has 4 rings (SSSR count). The summed E-state index contributed by atoms with van der Waals surface area (Å²) in [4.78, 5) is 43.3. The molecule has 3 aliphatic heterocycles. The molecule has 2 atom stereocenters. The van der Waals surface area contributed by atoms with Gasteiger partial charge in [-0.25, -0.2) is 0 Å². The fourth-order valence-electron chi connectivity index (χ4n) is 4.59. The summed E-state index contributed by atoms with van der Waals surface area (Å²) in [6.45, 7) is 4.67. The summed E-state index contributed by atoms with van der Waals surface area (Å²) in [7, 11) is 1.41. The number of rotatable bonds is 5. The van der Waals surface area contributed by atoms with Crippen LogP contribution >= 0.6 is 0 Å². The summed E-state index contributed by atoms with van der Waals surface area (Å²) in [5.74, 6) is -0.780. The highest BCUT2D eigenvalue weighted by molar-refractivity contribution is 6.21. The number of esters is 1. The maximum Gasteiger partial charge on any atom is 0.323 e.